The second kappa shape index (κ2) is 9.44. The number of methoxy groups -OCH3 is 2. The van der Waals surface area contributed by atoms with Gasteiger partial charge in [-0.05, 0) is 43.9 Å². The monoisotopic (exact) mass is 370 g/mol. The number of benzene rings is 1. The van der Waals surface area contributed by atoms with Crippen LogP contribution in [0.25, 0.3) is 0 Å². The number of nitrogens with zero attached hydrogens (tertiary/aromatic N) is 3. The molecular formula is C21H30N4O2. The molecule has 0 bridgehead atoms. The summed E-state index contributed by atoms with van der Waals surface area (Å²) in [7, 11) is 3.31. The Hall–Kier alpha value is -2.50. The highest BCUT2D eigenvalue weighted by atomic mass is 16.5. The molecule has 0 atom stereocenters. The third-order valence-corrected chi connectivity index (χ3v) is 4.92. The Balaban J connectivity index is 1.62. The van der Waals surface area contributed by atoms with Crippen LogP contribution in [0.1, 0.15) is 36.9 Å². The zero-order valence-electron chi connectivity index (χ0n) is 16.6. The lowest BCUT2D eigenvalue weighted by atomic mass is 10.1. The summed E-state index contributed by atoms with van der Waals surface area (Å²) in [5.74, 6) is 3.25. The van der Waals surface area contributed by atoms with E-state index in [1.54, 1.807) is 14.2 Å². The van der Waals surface area contributed by atoms with E-state index >= 15 is 0 Å². The maximum Gasteiger partial charge on any atom is 0.224 e. The van der Waals surface area contributed by atoms with Crippen LogP contribution >= 0.6 is 0 Å². The van der Waals surface area contributed by atoms with E-state index in [-0.39, 0.29) is 0 Å². The lowest BCUT2D eigenvalue weighted by molar-refractivity contribution is 0.354. The Morgan fingerprint density at radius 2 is 1.70 bits per heavy atom. The fourth-order valence-corrected chi connectivity index (χ4v) is 3.45. The molecule has 146 valence electrons. The third kappa shape index (κ3) is 5.25. The molecule has 27 heavy (non-hydrogen) atoms. The zero-order chi connectivity index (χ0) is 19.1. The Morgan fingerprint density at radius 3 is 2.41 bits per heavy atom. The van der Waals surface area contributed by atoms with Crippen LogP contribution in [0.3, 0.4) is 0 Å². The van der Waals surface area contributed by atoms with Crippen molar-refractivity contribution in [1.29, 1.82) is 0 Å². The number of hydrogen-bond donors (Lipinski definition) is 1. The van der Waals surface area contributed by atoms with Crippen molar-refractivity contribution >= 4 is 11.8 Å². The number of hydrogen-bond acceptors (Lipinski definition) is 6. The topological polar surface area (TPSA) is 59.5 Å². The molecule has 1 N–H and O–H groups in total. The Kier molecular flexibility index (Phi) is 6.74. The molecule has 6 nitrogen and oxygen atoms in total. The van der Waals surface area contributed by atoms with Gasteiger partial charge in [-0.15, -0.1) is 0 Å². The van der Waals surface area contributed by atoms with Gasteiger partial charge >= 0.3 is 0 Å². The van der Waals surface area contributed by atoms with E-state index in [1.807, 2.05) is 19.1 Å². The summed E-state index contributed by atoms with van der Waals surface area (Å²) in [6, 6.07) is 8.10. The highest BCUT2D eigenvalue weighted by Gasteiger charge is 2.13. The molecule has 6 heteroatoms. The van der Waals surface area contributed by atoms with Gasteiger partial charge in [0.25, 0.3) is 0 Å². The van der Waals surface area contributed by atoms with E-state index in [1.165, 1.54) is 31.2 Å². The van der Waals surface area contributed by atoms with Crippen LogP contribution in [0.5, 0.6) is 11.5 Å². The summed E-state index contributed by atoms with van der Waals surface area (Å²) >= 11 is 0. The lowest BCUT2D eigenvalue weighted by Gasteiger charge is -2.22. The second-order valence-corrected chi connectivity index (χ2v) is 6.96. The van der Waals surface area contributed by atoms with E-state index in [0.717, 1.165) is 49.1 Å². The fraction of sp³-hybridized carbons (Fsp3) is 0.524. The quantitative estimate of drug-likeness (QED) is 0.799. The fourth-order valence-electron chi connectivity index (χ4n) is 3.45. The number of rotatable bonds is 7. The molecule has 1 aromatic heterocycles. The predicted molar refractivity (Wildman–Crippen MR) is 109 cm³/mol. The average Bonchev–Trinajstić information content (AvgIpc) is 2.97. The SMILES string of the molecule is COc1ccc(CCNc2nc(C)cc(N3CCCCCC3)n2)cc1OC. The Morgan fingerprint density at radius 1 is 0.963 bits per heavy atom. The predicted octanol–water partition coefficient (Wildman–Crippen LogP) is 3.84. The van der Waals surface area contributed by atoms with Gasteiger partial charge in [-0.2, -0.15) is 4.98 Å². The Bertz CT molecular complexity index is 743. The summed E-state index contributed by atoms with van der Waals surface area (Å²) < 4.78 is 10.7. The molecule has 0 radical (unpaired) electrons. The minimum Gasteiger partial charge on any atom is -0.493 e. The lowest BCUT2D eigenvalue weighted by Crippen LogP contribution is -2.25. The van der Waals surface area contributed by atoms with Crippen LogP contribution in [0.15, 0.2) is 24.3 Å². The highest BCUT2D eigenvalue weighted by molar-refractivity contribution is 5.45. The van der Waals surface area contributed by atoms with Gasteiger partial charge in [0, 0.05) is 31.4 Å². The first kappa shape index (κ1) is 19.3. The minimum absolute atomic E-state index is 0.703. The van der Waals surface area contributed by atoms with E-state index in [2.05, 4.69) is 27.3 Å². The molecule has 0 aliphatic carbocycles. The van der Waals surface area contributed by atoms with Gasteiger partial charge in [0.05, 0.1) is 14.2 Å². The standard InChI is InChI=1S/C21H30N4O2/c1-16-14-20(25-12-6-4-5-7-13-25)24-21(23-16)22-11-10-17-8-9-18(26-2)19(15-17)27-3/h8-9,14-15H,4-7,10-13H2,1-3H3,(H,22,23,24). The maximum atomic E-state index is 5.37. The third-order valence-electron chi connectivity index (χ3n) is 4.92. The largest absolute Gasteiger partial charge is 0.493 e. The molecule has 2 aromatic rings. The maximum absolute atomic E-state index is 5.37. The molecule has 0 spiro atoms. The molecule has 0 unspecified atom stereocenters. The van der Waals surface area contributed by atoms with E-state index in [0.29, 0.717) is 5.95 Å². The number of aromatic nitrogens is 2. The first-order chi connectivity index (χ1) is 13.2. The van der Waals surface area contributed by atoms with Crippen molar-refractivity contribution in [1.82, 2.24) is 9.97 Å². The van der Waals surface area contributed by atoms with E-state index in [4.69, 9.17) is 14.5 Å². The van der Waals surface area contributed by atoms with Crippen LogP contribution in [0.4, 0.5) is 11.8 Å². The molecular weight excluding hydrogens is 340 g/mol. The molecule has 1 fully saturated rings. The number of anilines is 2. The molecule has 0 amide bonds. The van der Waals surface area contributed by atoms with Crippen molar-refractivity contribution in [3.63, 3.8) is 0 Å². The van der Waals surface area contributed by atoms with Gasteiger partial charge in [-0.25, -0.2) is 4.98 Å². The van der Waals surface area contributed by atoms with Crippen molar-refractivity contribution in [3.8, 4) is 11.5 Å². The van der Waals surface area contributed by atoms with Gasteiger partial charge in [0.2, 0.25) is 5.95 Å². The Labute approximate surface area is 161 Å². The van der Waals surface area contributed by atoms with Crippen LogP contribution in [0.2, 0.25) is 0 Å². The summed E-state index contributed by atoms with van der Waals surface area (Å²) in [4.78, 5) is 11.7. The molecule has 0 saturated carbocycles. The number of ether oxygens (including phenoxy) is 2. The minimum atomic E-state index is 0.703. The second-order valence-electron chi connectivity index (χ2n) is 6.96. The van der Waals surface area contributed by atoms with Crippen molar-refractivity contribution in [2.24, 2.45) is 0 Å². The van der Waals surface area contributed by atoms with Crippen LogP contribution < -0.4 is 19.7 Å². The highest BCUT2D eigenvalue weighted by Crippen LogP contribution is 2.27. The molecule has 1 saturated heterocycles. The van der Waals surface area contributed by atoms with Crippen LogP contribution in [0, 0.1) is 6.92 Å². The van der Waals surface area contributed by atoms with E-state index < -0.39 is 0 Å². The smallest absolute Gasteiger partial charge is 0.224 e. The summed E-state index contributed by atoms with van der Waals surface area (Å²) in [5.41, 5.74) is 2.18. The first-order valence-electron chi connectivity index (χ1n) is 9.75. The average molecular weight is 370 g/mol. The van der Waals surface area contributed by atoms with Gasteiger partial charge in [0.1, 0.15) is 5.82 Å². The summed E-state index contributed by atoms with van der Waals surface area (Å²) in [5, 5.41) is 3.37. The zero-order valence-corrected chi connectivity index (χ0v) is 16.6. The van der Waals surface area contributed by atoms with Gasteiger partial charge in [-0.1, -0.05) is 18.9 Å². The first-order valence-corrected chi connectivity index (χ1v) is 9.75. The molecule has 1 aliphatic heterocycles. The van der Waals surface area contributed by atoms with Gasteiger partial charge < -0.3 is 19.7 Å². The summed E-state index contributed by atoms with van der Waals surface area (Å²) in [6.07, 6.45) is 5.97. The van der Waals surface area contributed by atoms with Crippen LogP contribution in [-0.4, -0.2) is 43.8 Å². The molecule has 1 aliphatic rings. The van der Waals surface area contributed by atoms with Crippen molar-refractivity contribution in [2.45, 2.75) is 39.0 Å². The van der Waals surface area contributed by atoms with Crippen LogP contribution in [-0.2, 0) is 6.42 Å². The van der Waals surface area contributed by atoms with Crippen molar-refractivity contribution < 1.29 is 9.47 Å². The number of nitrogens with one attached hydrogen (secondary N) is 1. The van der Waals surface area contributed by atoms with E-state index in [9.17, 15) is 0 Å². The summed E-state index contributed by atoms with van der Waals surface area (Å²) in [6.45, 7) is 4.96. The van der Waals surface area contributed by atoms with Gasteiger partial charge in [0.15, 0.2) is 11.5 Å². The molecule has 2 heterocycles. The van der Waals surface area contributed by atoms with Crippen molar-refractivity contribution in [3.05, 3.63) is 35.5 Å². The molecule has 3 rings (SSSR count). The normalized spacial score (nSPS) is 14.6. The molecule has 1 aromatic carbocycles. The van der Waals surface area contributed by atoms with Crippen molar-refractivity contribution in [2.75, 3.05) is 44.1 Å². The number of aryl methyl sites for hydroxylation is 1. The van der Waals surface area contributed by atoms with Gasteiger partial charge in [-0.3, -0.25) is 0 Å².